The summed E-state index contributed by atoms with van der Waals surface area (Å²) in [6, 6.07) is 68.8. The molecular weight excluding hydrogens is 623 g/mol. The van der Waals surface area contributed by atoms with Gasteiger partial charge in [-0.2, -0.15) is 0 Å². The molecule has 50 heavy (non-hydrogen) atoms. The minimum atomic E-state index is 1.12. The first-order chi connectivity index (χ1) is 24.8. The summed E-state index contributed by atoms with van der Waals surface area (Å²) in [7, 11) is 0. The molecule has 234 valence electrons. The van der Waals surface area contributed by atoms with Gasteiger partial charge in [-0.05, 0) is 109 Å². The number of rotatable bonds is 5. The van der Waals surface area contributed by atoms with Crippen LogP contribution >= 0.6 is 11.3 Å². The van der Waals surface area contributed by atoms with E-state index in [0.717, 1.165) is 17.1 Å². The standard InChI is InChI=1S/C48H31NS/c1-3-14-41-33(9-1)11-8-17-43(41)36-12-7-13-39(29-36)49(40-26-27-44-37(30-40)20-19-34-10-2-4-15-42(34)44)38-24-21-32(22-25-38)35-23-28-48-46(31-35)45-16-5-6-18-47(45)50-48/h1-31H. The summed E-state index contributed by atoms with van der Waals surface area (Å²) in [6.45, 7) is 0. The SMILES string of the molecule is c1cc(-c2cccc3ccccc23)cc(N(c2ccc(-c3ccc4sc5ccccc5c4c3)cc2)c2ccc3c(ccc4ccccc43)c2)c1. The van der Waals surface area contributed by atoms with E-state index in [0.29, 0.717) is 0 Å². The summed E-state index contributed by atoms with van der Waals surface area (Å²) in [6.07, 6.45) is 0. The van der Waals surface area contributed by atoms with Crippen molar-refractivity contribution in [3.63, 3.8) is 0 Å². The van der Waals surface area contributed by atoms with Crippen LogP contribution in [0.15, 0.2) is 188 Å². The maximum Gasteiger partial charge on any atom is 0.0468 e. The van der Waals surface area contributed by atoms with Crippen molar-refractivity contribution in [3.05, 3.63) is 188 Å². The van der Waals surface area contributed by atoms with Crippen LogP contribution in [0.4, 0.5) is 17.1 Å². The van der Waals surface area contributed by atoms with E-state index in [1.54, 1.807) is 0 Å². The fourth-order valence-corrected chi connectivity index (χ4v) is 8.67. The number of hydrogen-bond acceptors (Lipinski definition) is 2. The molecule has 0 fully saturated rings. The highest BCUT2D eigenvalue weighted by Crippen LogP contribution is 2.41. The second kappa shape index (κ2) is 11.7. The molecule has 0 N–H and O–H groups in total. The van der Waals surface area contributed by atoms with Gasteiger partial charge in [0.15, 0.2) is 0 Å². The highest BCUT2D eigenvalue weighted by atomic mass is 32.1. The van der Waals surface area contributed by atoms with Crippen LogP contribution in [-0.2, 0) is 0 Å². The maximum absolute atomic E-state index is 2.39. The Morgan fingerprint density at radius 3 is 1.80 bits per heavy atom. The van der Waals surface area contributed by atoms with Crippen molar-refractivity contribution in [2.45, 2.75) is 0 Å². The molecule has 0 saturated carbocycles. The summed E-state index contributed by atoms with van der Waals surface area (Å²) >= 11 is 1.86. The van der Waals surface area contributed by atoms with Crippen molar-refractivity contribution in [3.8, 4) is 22.3 Å². The van der Waals surface area contributed by atoms with Gasteiger partial charge in [0.25, 0.3) is 0 Å². The molecule has 2 heteroatoms. The molecule has 0 amide bonds. The van der Waals surface area contributed by atoms with Crippen molar-refractivity contribution in [2.75, 3.05) is 4.90 Å². The molecular formula is C48H31NS. The average Bonchev–Trinajstić information content (AvgIpc) is 3.56. The first-order valence-corrected chi connectivity index (χ1v) is 17.9. The van der Waals surface area contributed by atoms with Crippen LogP contribution in [-0.4, -0.2) is 0 Å². The third-order valence-electron chi connectivity index (χ3n) is 10.0. The van der Waals surface area contributed by atoms with Crippen molar-refractivity contribution >= 4 is 80.9 Å². The molecule has 0 atom stereocenters. The van der Waals surface area contributed by atoms with Gasteiger partial charge in [-0.25, -0.2) is 0 Å². The van der Waals surface area contributed by atoms with Crippen LogP contribution in [0.1, 0.15) is 0 Å². The molecule has 10 aromatic rings. The Kier molecular flexibility index (Phi) is 6.75. The van der Waals surface area contributed by atoms with E-state index in [4.69, 9.17) is 0 Å². The van der Waals surface area contributed by atoms with Crippen LogP contribution in [0.3, 0.4) is 0 Å². The quantitative estimate of drug-likeness (QED) is 0.167. The van der Waals surface area contributed by atoms with Crippen LogP contribution in [0.5, 0.6) is 0 Å². The highest BCUT2D eigenvalue weighted by molar-refractivity contribution is 7.25. The first kappa shape index (κ1) is 28.8. The minimum absolute atomic E-state index is 1.12. The van der Waals surface area contributed by atoms with Gasteiger partial charge < -0.3 is 4.90 Å². The first-order valence-electron chi connectivity index (χ1n) is 17.1. The van der Waals surface area contributed by atoms with Crippen LogP contribution in [0, 0.1) is 0 Å². The van der Waals surface area contributed by atoms with Gasteiger partial charge in [0, 0.05) is 37.2 Å². The van der Waals surface area contributed by atoms with Gasteiger partial charge >= 0.3 is 0 Å². The van der Waals surface area contributed by atoms with Gasteiger partial charge in [0.2, 0.25) is 0 Å². The Labute approximate surface area is 294 Å². The van der Waals surface area contributed by atoms with Gasteiger partial charge in [0.1, 0.15) is 0 Å². The Hall–Kier alpha value is -6.22. The van der Waals surface area contributed by atoms with Crippen molar-refractivity contribution in [1.29, 1.82) is 0 Å². The molecule has 0 aliphatic rings. The smallest absolute Gasteiger partial charge is 0.0468 e. The van der Waals surface area contributed by atoms with Gasteiger partial charge in [-0.15, -0.1) is 11.3 Å². The number of anilines is 3. The predicted octanol–water partition coefficient (Wildman–Crippen LogP) is 14.3. The Balaban J connectivity index is 1.11. The number of fused-ring (bicyclic) bond motifs is 7. The molecule has 0 aliphatic heterocycles. The predicted molar refractivity (Wildman–Crippen MR) is 217 cm³/mol. The van der Waals surface area contributed by atoms with Crippen LogP contribution < -0.4 is 4.90 Å². The summed E-state index contributed by atoms with van der Waals surface area (Å²) in [5, 5.41) is 10.2. The van der Waals surface area contributed by atoms with E-state index in [1.807, 2.05) is 11.3 Å². The fraction of sp³-hybridized carbons (Fsp3) is 0. The second-order valence-electron chi connectivity index (χ2n) is 13.0. The fourth-order valence-electron chi connectivity index (χ4n) is 7.59. The van der Waals surface area contributed by atoms with E-state index < -0.39 is 0 Å². The zero-order valence-electron chi connectivity index (χ0n) is 27.3. The van der Waals surface area contributed by atoms with Crippen LogP contribution in [0.2, 0.25) is 0 Å². The Morgan fingerprint density at radius 2 is 0.920 bits per heavy atom. The zero-order chi connectivity index (χ0) is 33.0. The lowest BCUT2D eigenvalue weighted by molar-refractivity contribution is 1.29. The molecule has 0 bridgehead atoms. The zero-order valence-corrected chi connectivity index (χ0v) is 28.1. The molecule has 10 rings (SSSR count). The number of nitrogens with zero attached hydrogens (tertiary/aromatic N) is 1. The molecule has 0 spiro atoms. The molecule has 1 nitrogen and oxygen atoms in total. The number of hydrogen-bond donors (Lipinski definition) is 0. The van der Waals surface area contributed by atoms with E-state index in [1.165, 1.54) is 74.7 Å². The van der Waals surface area contributed by atoms with Gasteiger partial charge in [-0.3, -0.25) is 0 Å². The topological polar surface area (TPSA) is 3.24 Å². The summed E-state index contributed by atoms with van der Waals surface area (Å²) in [5.41, 5.74) is 8.24. The molecule has 9 aromatic carbocycles. The molecule has 1 heterocycles. The van der Waals surface area contributed by atoms with Gasteiger partial charge in [-0.1, -0.05) is 133 Å². The normalized spacial score (nSPS) is 11.6. The van der Waals surface area contributed by atoms with Crippen LogP contribution in [0.25, 0.3) is 74.7 Å². The summed E-state index contributed by atoms with van der Waals surface area (Å²) < 4.78 is 2.66. The second-order valence-corrected chi connectivity index (χ2v) is 14.0. The van der Waals surface area contributed by atoms with Crippen molar-refractivity contribution in [2.24, 2.45) is 0 Å². The van der Waals surface area contributed by atoms with E-state index >= 15 is 0 Å². The molecule has 0 aliphatic carbocycles. The van der Waals surface area contributed by atoms with E-state index in [9.17, 15) is 0 Å². The van der Waals surface area contributed by atoms with Crippen molar-refractivity contribution < 1.29 is 0 Å². The van der Waals surface area contributed by atoms with Gasteiger partial charge in [0.05, 0.1) is 0 Å². The van der Waals surface area contributed by atoms with E-state index in [-0.39, 0.29) is 0 Å². The number of thiophene rings is 1. The average molecular weight is 654 g/mol. The van der Waals surface area contributed by atoms with E-state index in [2.05, 4.69) is 193 Å². The Bertz CT molecular complexity index is 2870. The summed E-state index contributed by atoms with van der Waals surface area (Å²) in [5.74, 6) is 0. The lowest BCUT2D eigenvalue weighted by Gasteiger charge is -2.27. The highest BCUT2D eigenvalue weighted by Gasteiger charge is 2.16. The molecule has 0 saturated heterocycles. The molecule has 1 aromatic heterocycles. The lowest BCUT2D eigenvalue weighted by Crippen LogP contribution is -2.10. The Morgan fingerprint density at radius 1 is 0.300 bits per heavy atom. The summed E-state index contributed by atoms with van der Waals surface area (Å²) in [4.78, 5) is 2.39. The largest absolute Gasteiger partial charge is 0.310 e. The minimum Gasteiger partial charge on any atom is -0.310 e. The molecule has 0 radical (unpaired) electrons. The third kappa shape index (κ3) is 4.84. The maximum atomic E-state index is 2.39. The monoisotopic (exact) mass is 653 g/mol. The number of benzene rings is 9. The van der Waals surface area contributed by atoms with Crippen molar-refractivity contribution in [1.82, 2.24) is 0 Å². The lowest BCUT2D eigenvalue weighted by atomic mass is 9.97. The third-order valence-corrected chi connectivity index (χ3v) is 11.2. The molecule has 0 unspecified atom stereocenters.